The van der Waals surface area contributed by atoms with Crippen molar-refractivity contribution in [2.75, 3.05) is 6.61 Å². The van der Waals surface area contributed by atoms with Gasteiger partial charge in [-0.1, -0.05) is 88.7 Å². The Morgan fingerprint density at radius 2 is 1.43 bits per heavy atom. The topological polar surface area (TPSA) is 30.5 Å². The second-order valence-electron chi connectivity index (χ2n) is 7.16. The van der Waals surface area contributed by atoms with Crippen LogP contribution < -0.4 is 10.2 Å². The van der Waals surface area contributed by atoms with E-state index in [2.05, 4.69) is 69.9 Å². The van der Waals surface area contributed by atoms with Crippen LogP contribution in [0.2, 0.25) is 0 Å². The number of ether oxygens (including phenoxy) is 1. The molecule has 0 saturated heterocycles. The van der Waals surface area contributed by atoms with Crippen molar-refractivity contribution in [3.05, 3.63) is 95.0 Å². The summed E-state index contributed by atoms with van der Waals surface area (Å²) >= 11 is 3.74. The van der Waals surface area contributed by atoms with Crippen LogP contribution in [-0.2, 0) is 4.84 Å². The number of benzene rings is 3. The summed E-state index contributed by atoms with van der Waals surface area (Å²) < 4.78 is 6.97. The number of nitrogens with one attached hydrogen (secondary N) is 1. The Labute approximate surface area is 174 Å². The van der Waals surface area contributed by atoms with E-state index in [1.165, 1.54) is 11.1 Å². The number of rotatable bonds is 5. The van der Waals surface area contributed by atoms with E-state index in [4.69, 9.17) is 9.57 Å². The average Bonchev–Trinajstić information content (AvgIpc) is 2.74. The van der Waals surface area contributed by atoms with Crippen molar-refractivity contribution < 1.29 is 9.57 Å². The molecule has 1 atom stereocenters. The van der Waals surface area contributed by atoms with Crippen LogP contribution in [0.15, 0.2) is 89.4 Å². The Morgan fingerprint density at radius 1 is 0.857 bits per heavy atom. The molecule has 3 nitrogen and oxygen atoms in total. The Balaban J connectivity index is 1.46. The SMILES string of the molecule is CC1(COc2ccccc2)CC(Br)=C(c2ccc(-c3ccccc3)cc2)NO1. The predicted octanol–water partition coefficient (Wildman–Crippen LogP) is 6.18. The van der Waals surface area contributed by atoms with Gasteiger partial charge in [0.1, 0.15) is 18.0 Å². The largest absolute Gasteiger partial charge is 0.490 e. The Kier molecular flexibility index (Phi) is 5.51. The van der Waals surface area contributed by atoms with Crippen molar-refractivity contribution in [2.24, 2.45) is 0 Å². The number of halogens is 1. The monoisotopic (exact) mass is 435 g/mol. The highest BCUT2D eigenvalue weighted by Gasteiger charge is 2.33. The minimum Gasteiger partial charge on any atom is -0.490 e. The number of hydrogen-bond donors (Lipinski definition) is 1. The zero-order valence-corrected chi connectivity index (χ0v) is 17.3. The molecule has 1 N–H and O–H groups in total. The minimum atomic E-state index is -0.456. The lowest BCUT2D eigenvalue weighted by Gasteiger charge is -2.35. The molecular weight excluding hydrogens is 414 g/mol. The molecule has 0 aliphatic carbocycles. The first-order chi connectivity index (χ1) is 13.6. The molecule has 0 saturated carbocycles. The summed E-state index contributed by atoms with van der Waals surface area (Å²) in [5.74, 6) is 0.842. The molecule has 3 aromatic carbocycles. The quantitative estimate of drug-likeness (QED) is 0.518. The Hall–Kier alpha value is -2.56. The number of hydroxylamine groups is 1. The molecule has 28 heavy (non-hydrogen) atoms. The van der Waals surface area contributed by atoms with Gasteiger partial charge >= 0.3 is 0 Å². The van der Waals surface area contributed by atoms with Crippen LogP contribution in [-0.4, -0.2) is 12.2 Å². The van der Waals surface area contributed by atoms with Gasteiger partial charge in [-0.05, 0) is 30.2 Å². The summed E-state index contributed by atoms with van der Waals surface area (Å²) in [7, 11) is 0. The molecule has 0 amide bonds. The summed E-state index contributed by atoms with van der Waals surface area (Å²) in [4.78, 5) is 5.98. The summed E-state index contributed by atoms with van der Waals surface area (Å²) in [6, 6.07) is 28.6. The fourth-order valence-corrected chi connectivity index (χ4v) is 4.09. The summed E-state index contributed by atoms with van der Waals surface area (Å²) in [6.45, 7) is 2.50. The van der Waals surface area contributed by atoms with Crippen molar-refractivity contribution in [1.82, 2.24) is 5.48 Å². The van der Waals surface area contributed by atoms with E-state index in [-0.39, 0.29) is 0 Å². The maximum Gasteiger partial charge on any atom is 0.131 e. The smallest absolute Gasteiger partial charge is 0.131 e. The Bertz CT molecular complexity index is 955. The molecule has 1 heterocycles. The highest BCUT2D eigenvalue weighted by atomic mass is 79.9. The number of para-hydroxylation sites is 1. The van der Waals surface area contributed by atoms with Crippen LogP contribution in [0, 0.1) is 0 Å². The van der Waals surface area contributed by atoms with Crippen LogP contribution in [0.5, 0.6) is 5.75 Å². The van der Waals surface area contributed by atoms with E-state index in [1.807, 2.05) is 43.3 Å². The van der Waals surface area contributed by atoms with E-state index >= 15 is 0 Å². The van der Waals surface area contributed by atoms with Gasteiger partial charge in [0.2, 0.25) is 0 Å². The van der Waals surface area contributed by atoms with Gasteiger partial charge in [-0.3, -0.25) is 10.3 Å². The lowest BCUT2D eigenvalue weighted by atomic mass is 9.98. The van der Waals surface area contributed by atoms with Gasteiger partial charge in [0.15, 0.2) is 0 Å². The average molecular weight is 436 g/mol. The summed E-state index contributed by atoms with van der Waals surface area (Å²) in [5.41, 5.74) is 7.11. The maximum absolute atomic E-state index is 5.98. The maximum atomic E-state index is 5.98. The number of hydrogen-bond acceptors (Lipinski definition) is 3. The van der Waals surface area contributed by atoms with Crippen LogP contribution >= 0.6 is 15.9 Å². The third-order valence-electron chi connectivity index (χ3n) is 4.77. The van der Waals surface area contributed by atoms with Gasteiger partial charge in [-0.15, -0.1) is 0 Å². The second kappa shape index (κ2) is 8.21. The van der Waals surface area contributed by atoms with E-state index < -0.39 is 5.60 Å². The standard InChI is InChI=1S/C24H22BrNO2/c1-24(17-27-21-10-6-3-7-11-21)16-22(25)23(26-28-24)20-14-12-19(13-15-20)18-8-4-2-5-9-18/h2-15,26H,16-17H2,1H3. The highest BCUT2D eigenvalue weighted by molar-refractivity contribution is 9.11. The zero-order valence-electron chi connectivity index (χ0n) is 15.7. The molecule has 0 spiro atoms. The molecule has 4 rings (SSSR count). The first-order valence-electron chi connectivity index (χ1n) is 9.29. The first-order valence-corrected chi connectivity index (χ1v) is 10.1. The van der Waals surface area contributed by atoms with Crippen molar-refractivity contribution in [1.29, 1.82) is 0 Å². The molecule has 0 aromatic heterocycles. The van der Waals surface area contributed by atoms with Crippen LogP contribution in [0.4, 0.5) is 0 Å². The van der Waals surface area contributed by atoms with E-state index in [0.29, 0.717) is 6.61 Å². The van der Waals surface area contributed by atoms with Gasteiger partial charge < -0.3 is 4.74 Å². The molecule has 0 bridgehead atoms. The molecule has 0 radical (unpaired) electrons. The Morgan fingerprint density at radius 3 is 2.07 bits per heavy atom. The molecule has 1 unspecified atom stereocenters. The molecular formula is C24H22BrNO2. The molecule has 3 aromatic rings. The molecule has 0 fully saturated rings. The molecule has 142 valence electrons. The van der Waals surface area contributed by atoms with Gasteiger partial charge in [-0.2, -0.15) is 0 Å². The second-order valence-corrected chi connectivity index (χ2v) is 8.11. The van der Waals surface area contributed by atoms with Crippen LogP contribution in [0.1, 0.15) is 18.9 Å². The predicted molar refractivity (Wildman–Crippen MR) is 117 cm³/mol. The lowest BCUT2D eigenvalue weighted by molar-refractivity contribution is -0.101. The van der Waals surface area contributed by atoms with E-state index in [9.17, 15) is 0 Å². The lowest BCUT2D eigenvalue weighted by Crippen LogP contribution is -2.43. The zero-order chi connectivity index (χ0) is 19.4. The van der Waals surface area contributed by atoms with Gasteiger partial charge in [0.25, 0.3) is 0 Å². The van der Waals surface area contributed by atoms with Crippen molar-refractivity contribution >= 4 is 21.6 Å². The highest BCUT2D eigenvalue weighted by Crippen LogP contribution is 2.35. The van der Waals surface area contributed by atoms with E-state index in [0.717, 1.165) is 27.9 Å². The molecule has 4 heteroatoms. The molecule has 1 aliphatic rings. The van der Waals surface area contributed by atoms with Crippen LogP contribution in [0.3, 0.4) is 0 Å². The summed E-state index contributed by atoms with van der Waals surface area (Å²) in [5, 5.41) is 0. The van der Waals surface area contributed by atoms with Crippen molar-refractivity contribution in [3.63, 3.8) is 0 Å². The third kappa shape index (κ3) is 4.29. The van der Waals surface area contributed by atoms with Gasteiger partial charge in [-0.25, -0.2) is 0 Å². The normalized spacial score (nSPS) is 19.2. The minimum absolute atomic E-state index is 0.456. The van der Waals surface area contributed by atoms with Gasteiger partial charge in [0.05, 0.1) is 5.70 Å². The van der Waals surface area contributed by atoms with Crippen LogP contribution in [0.25, 0.3) is 16.8 Å². The summed E-state index contributed by atoms with van der Waals surface area (Å²) in [6.07, 6.45) is 0.725. The fourth-order valence-electron chi connectivity index (χ4n) is 3.19. The van der Waals surface area contributed by atoms with E-state index in [1.54, 1.807) is 0 Å². The fraction of sp³-hybridized carbons (Fsp3) is 0.167. The van der Waals surface area contributed by atoms with Crippen molar-refractivity contribution in [3.8, 4) is 16.9 Å². The third-order valence-corrected chi connectivity index (χ3v) is 5.44. The van der Waals surface area contributed by atoms with Gasteiger partial charge in [0, 0.05) is 16.5 Å². The van der Waals surface area contributed by atoms with Crippen molar-refractivity contribution in [2.45, 2.75) is 18.9 Å². The molecule has 1 aliphatic heterocycles. The first kappa shape index (κ1) is 18.8.